The van der Waals surface area contributed by atoms with E-state index in [0.29, 0.717) is 11.5 Å². The predicted octanol–water partition coefficient (Wildman–Crippen LogP) is 3.67. The van der Waals surface area contributed by atoms with Gasteiger partial charge in [0.15, 0.2) is 0 Å². The van der Waals surface area contributed by atoms with Gasteiger partial charge in [-0.3, -0.25) is 9.79 Å². The Balaban J connectivity index is 1.41. The van der Waals surface area contributed by atoms with E-state index in [9.17, 15) is 4.79 Å². The van der Waals surface area contributed by atoms with Gasteiger partial charge in [0.25, 0.3) is 5.91 Å². The molecule has 2 fully saturated rings. The normalized spacial score (nSPS) is 29.9. The van der Waals surface area contributed by atoms with Crippen LogP contribution in [0.2, 0.25) is 0 Å². The van der Waals surface area contributed by atoms with E-state index in [1.165, 1.54) is 30.4 Å². The van der Waals surface area contributed by atoms with E-state index < -0.39 is 0 Å². The first-order chi connectivity index (χ1) is 13.0. The maximum absolute atomic E-state index is 13.1. The van der Waals surface area contributed by atoms with Gasteiger partial charge in [-0.15, -0.1) is 0 Å². The second-order valence-corrected chi connectivity index (χ2v) is 9.76. The summed E-state index contributed by atoms with van der Waals surface area (Å²) in [4.78, 5) is 18.0. The molecule has 0 aromatic heterocycles. The fourth-order valence-electron chi connectivity index (χ4n) is 5.11. The van der Waals surface area contributed by atoms with E-state index in [-0.39, 0.29) is 11.4 Å². The number of nitrogens with two attached hydrogens (primary N) is 1. The average molecular weight is 428 g/mol. The maximum Gasteiger partial charge on any atom is 0.255 e. The van der Waals surface area contributed by atoms with Crippen LogP contribution >= 0.6 is 15.9 Å². The minimum absolute atomic E-state index is 0.0114. The first-order valence-corrected chi connectivity index (χ1v) is 11.0. The number of aliphatic imine (C=N–C) groups is 1. The smallest absolute Gasteiger partial charge is 0.255 e. The number of carbonyl (C=O) groups excluding carboxylic acids is 1. The van der Waals surface area contributed by atoms with Crippen molar-refractivity contribution in [3.8, 4) is 0 Å². The highest BCUT2D eigenvalue weighted by Crippen LogP contribution is 2.40. The summed E-state index contributed by atoms with van der Waals surface area (Å²) in [5, 5.41) is 3.34. The number of amides is 1. The summed E-state index contributed by atoms with van der Waals surface area (Å²) >= 11 is 3.56. The Morgan fingerprint density at radius 1 is 1.15 bits per heavy atom. The molecule has 2 atom stereocenters. The van der Waals surface area contributed by atoms with Gasteiger partial charge in [-0.25, -0.2) is 0 Å². The van der Waals surface area contributed by atoms with Gasteiger partial charge in [0.05, 0.1) is 16.8 Å². The zero-order valence-corrected chi connectivity index (χ0v) is 17.1. The predicted molar refractivity (Wildman–Crippen MR) is 111 cm³/mol. The first-order valence-electron chi connectivity index (χ1n) is 10.2. The minimum Gasteiger partial charge on any atom is -0.401 e. The molecular formula is C22H26BrN3O. The molecule has 5 rings (SSSR count). The molecule has 1 spiro atoms. The van der Waals surface area contributed by atoms with Crippen molar-refractivity contribution in [1.82, 2.24) is 5.32 Å². The lowest BCUT2D eigenvalue weighted by Gasteiger charge is -2.37. The standard InChI is InChI=1S/C22H26BrN3O/c23-17-6-5-15-10-22(11-16(15)9-17)12-18-19(21(27)26-22)20(24)14(7-8-25-18)4-3-13-1-2-13/h5-6,9,13-14H,1-4,7-8,10-12,24H2,(H,26,27). The van der Waals surface area contributed by atoms with Crippen LogP contribution in [0.3, 0.4) is 0 Å². The second-order valence-electron chi connectivity index (χ2n) is 8.84. The number of allylic oxidation sites excluding steroid dienone is 1. The molecule has 3 N–H and O–H groups in total. The van der Waals surface area contributed by atoms with E-state index >= 15 is 0 Å². The fraction of sp³-hybridized carbons (Fsp3) is 0.545. The lowest BCUT2D eigenvalue weighted by atomic mass is 9.80. The first kappa shape index (κ1) is 17.5. The fourth-order valence-corrected chi connectivity index (χ4v) is 5.52. The highest BCUT2D eigenvalue weighted by atomic mass is 79.9. The van der Waals surface area contributed by atoms with Crippen LogP contribution in [0.25, 0.3) is 0 Å². The molecule has 4 aliphatic rings. The lowest BCUT2D eigenvalue weighted by molar-refractivity contribution is -0.119. The number of fused-ring (bicyclic) bond motifs is 2. The maximum atomic E-state index is 13.1. The van der Waals surface area contributed by atoms with Crippen LogP contribution < -0.4 is 11.1 Å². The van der Waals surface area contributed by atoms with Crippen LogP contribution in [0.5, 0.6) is 0 Å². The van der Waals surface area contributed by atoms with Gasteiger partial charge in [-0.1, -0.05) is 34.8 Å². The van der Waals surface area contributed by atoms with Crippen molar-refractivity contribution in [2.45, 2.75) is 56.9 Å². The van der Waals surface area contributed by atoms with Crippen LogP contribution in [-0.4, -0.2) is 23.7 Å². The Bertz CT molecular complexity index is 870. The van der Waals surface area contributed by atoms with Crippen LogP contribution in [0.4, 0.5) is 0 Å². The highest BCUT2D eigenvalue weighted by Gasteiger charge is 2.46. The van der Waals surface area contributed by atoms with E-state index in [1.807, 2.05) is 0 Å². The third-order valence-electron chi connectivity index (χ3n) is 6.76. The monoisotopic (exact) mass is 427 g/mol. The van der Waals surface area contributed by atoms with E-state index in [4.69, 9.17) is 10.7 Å². The van der Waals surface area contributed by atoms with Crippen LogP contribution in [-0.2, 0) is 17.6 Å². The number of benzene rings is 1. The Hall–Kier alpha value is -1.62. The second kappa shape index (κ2) is 6.47. The molecule has 2 aliphatic carbocycles. The van der Waals surface area contributed by atoms with Gasteiger partial charge in [0.2, 0.25) is 0 Å². The van der Waals surface area contributed by atoms with E-state index in [0.717, 1.165) is 60.4 Å². The van der Waals surface area contributed by atoms with Gasteiger partial charge in [0, 0.05) is 29.1 Å². The van der Waals surface area contributed by atoms with Gasteiger partial charge in [-0.05, 0) is 61.3 Å². The third kappa shape index (κ3) is 3.24. The summed E-state index contributed by atoms with van der Waals surface area (Å²) < 4.78 is 1.09. The summed E-state index contributed by atoms with van der Waals surface area (Å²) in [5.41, 5.74) is 11.4. The van der Waals surface area contributed by atoms with Gasteiger partial charge in [-0.2, -0.15) is 0 Å². The molecule has 0 radical (unpaired) electrons. The number of nitrogens with zero attached hydrogens (tertiary/aromatic N) is 1. The molecule has 2 aliphatic heterocycles. The molecule has 27 heavy (non-hydrogen) atoms. The minimum atomic E-state index is -0.239. The zero-order valence-electron chi connectivity index (χ0n) is 15.6. The number of piperidine rings is 1. The Labute approximate surface area is 168 Å². The van der Waals surface area contributed by atoms with Crippen molar-refractivity contribution < 1.29 is 4.79 Å². The summed E-state index contributed by atoms with van der Waals surface area (Å²) in [6.07, 6.45) is 8.57. The quantitative estimate of drug-likeness (QED) is 0.772. The topological polar surface area (TPSA) is 67.5 Å². The van der Waals surface area contributed by atoms with Crippen molar-refractivity contribution in [2.24, 2.45) is 22.6 Å². The molecule has 0 bridgehead atoms. The Morgan fingerprint density at radius 2 is 1.96 bits per heavy atom. The van der Waals surface area contributed by atoms with Crippen LogP contribution in [0.15, 0.2) is 38.9 Å². The van der Waals surface area contributed by atoms with Crippen molar-refractivity contribution >= 4 is 27.5 Å². The molecule has 142 valence electrons. The summed E-state index contributed by atoms with van der Waals surface area (Å²) in [6.45, 7) is 0.788. The molecule has 5 heteroatoms. The third-order valence-corrected chi connectivity index (χ3v) is 7.25. The van der Waals surface area contributed by atoms with Crippen molar-refractivity contribution in [3.05, 3.63) is 45.1 Å². The molecule has 2 heterocycles. The summed E-state index contributed by atoms with van der Waals surface area (Å²) in [6, 6.07) is 6.43. The Morgan fingerprint density at radius 3 is 2.78 bits per heavy atom. The summed E-state index contributed by atoms with van der Waals surface area (Å²) in [5.74, 6) is 1.19. The van der Waals surface area contributed by atoms with Crippen LogP contribution in [0, 0.1) is 11.8 Å². The lowest BCUT2D eigenvalue weighted by Crippen LogP contribution is -2.56. The number of halogens is 1. The van der Waals surface area contributed by atoms with Crippen molar-refractivity contribution in [2.75, 3.05) is 6.54 Å². The van der Waals surface area contributed by atoms with Crippen molar-refractivity contribution in [3.63, 3.8) is 0 Å². The van der Waals surface area contributed by atoms with Gasteiger partial charge < -0.3 is 11.1 Å². The summed E-state index contributed by atoms with van der Waals surface area (Å²) in [7, 11) is 0. The molecule has 1 saturated heterocycles. The van der Waals surface area contributed by atoms with Crippen LogP contribution in [0.1, 0.15) is 49.7 Å². The number of carbonyl (C=O) groups is 1. The Kier molecular flexibility index (Phi) is 4.19. The molecule has 1 amide bonds. The SMILES string of the molecule is NC1=C2C(=O)NC3(CC2=NCCC1CCC1CC1)Cc1ccc(Br)cc1C3. The number of hydrogen-bond donors (Lipinski definition) is 2. The van der Waals surface area contributed by atoms with E-state index in [1.54, 1.807) is 0 Å². The van der Waals surface area contributed by atoms with Gasteiger partial charge >= 0.3 is 0 Å². The van der Waals surface area contributed by atoms with Gasteiger partial charge in [0.1, 0.15) is 0 Å². The molecule has 1 aromatic rings. The van der Waals surface area contributed by atoms with Crippen molar-refractivity contribution in [1.29, 1.82) is 0 Å². The van der Waals surface area contributed by atoms with E-state index in [2.05, 4.69) is 39.4 Å². The largest absolute Gasteiger partial charge is 0.401 e. The molecule has 2 unspecified atom stereocenters. The number of nitrogens with one attached hydrogen (secondary N) is 1. The number of rotatable bonds is 3. The molecule has 1 saturated carbocycles. The average Bonchev–Trinajstić information content (AvgIpc) is 3.39. The number of hydrogen-bond acceptors (Lipinski definition) is 3. The highest BCUT2D eigenvalue weighted by molar-refractivity contribution is 9.10. The molecule has 1 aromatic carbocycles. The molecular weight excluding hydrogens is 402 g/mol. The zero-order chi connectivity index (χ0) is 18.6. The molecule has 4 nitrogen and oxygen atoms in total.